The van der Waals surface area contributed by atoms with Crippen LogP contribution in [0.4, 0.5) is 0 Å². The molecule has 3 rings (SSSR count). The Morgan fingerprint density at radius 3 is 2.29 bits per heavy atom. The van der Waals surface area contributed by atoms with Crippen LogP contribution in [0.3, 0.4) is 0 Å². The first-order valence-electron chi connectivity index (χ1n) is 11.3. The van der Waals surface area contributed by atoms with E-state index in [0.29, 0.717) is 24.1 Å². The van der Waals surface area contributed by atoms with Gasteiger partial charge in [-0.15, -0.1) is 5.41 Å². The molecule has 2 amide bonds. The van der Waals surface area contributed by atoms with Gasteiger partial charge in [0.15, 0.2) is 0 Å². The Bertz CT molecular complexity index is 874. The Labute approximate surface area is 216 Å². The second-order valence-electron chi connectivity index (χ2n) is 10.3. The molecule has 8 heteroatoms. The minimum Gasteiger partial charge on any atom is -0.649 e. The van der Waals surface area contributed by atoms with Gasteiger partial charge in [0.1, 0.15) is 0 Å². The molecule has 1 aromatic carbocycles. The van der Waals surface area contributed by atoms with E-state index in [-0.39, 0.29) is 42.8 Å². The normalized spacial score (nSPS) is 18.1. The number of benzene rings is 1. The van der Waals surface area contributed by atoms with Crippen molar-refractivity contribution in [3.63, 3.8) is 0 Å². The Balaban J connectivity index is 0.000000633. The van der Waals surface area contributed by atoms with E-state index in [1.807, 2.05) is 0 Å². The van der Waals surface area contributed by atoms with Crippen molar-refractivity contribution in [3.05, 3.63) is 48.7 Å². The number of carbonyl (C=O) groups excluding carboxylic acids is 3. The molecule has 0 spiro atoms. The number of β-amino-alcohol motifs (C(OH)–C–C–N with tert-alkyl or cyclic N) is 1. The average molecular weight is 465 g/mol. The SMILES string of the molecule is CC(C)(C)O[C-]=O.[CH2-]CC(O)(CN1Cc2c(C(=O)N(C)C)cccc2C1=O)C1([CH2-])CCCC1.[Li+]. The summed E-state index contributed by atoms with van der Waals surface area (Å²) in [5.41, 5.74) is -0.117. The maximum atomic E-state index is 12.9. The van der Waals surface area contributed by atoms with Crippen LogP contribution in [0.25, 0.3) is 0 Å². The second-order valence-corrected chi connectivity index (χ2v) is 10.3. The van der Waals surface area contributed by atoms with Gasteiger partial charge in [0.25, 0.3) is 11.8 Å². The van der Waals surface area contributed by atoms with E-state index in [4.69, 9.17) is 0 Å². The first-order valence-corrected chi connectivity index (χ1v) is 11.3. The largest absolute Gasteiger partial charge is 1.00 e. The minimum atomic E-state index is -1.12. The Morgan fingerprint density at radius 1 is 1.26 bits per heavy atom. The summed E-state index contributed by atoms with van der Waals surface area (Å²) in [6.07, 6.45) is 4.08. The van der Waals surface area contributed by atoms with E-state index in [1.54, 1.807) is 58.0 Å². The number of hydrogen-bond donors (Lipinski definition) is 1. The quantitative estimate of drug-likeness (QED) is 0.491. The molecule has 34 heavy (non-hydrogen) atoms. The van der Waals surface area contributed by atoms with Gasteiger partial charge in [0, 0.05) is 43.9 Å². The van der Waals surface area contributed by atoms with Crippen molar-refractivity contribution in [2.24, 2.45) is 5.41 Å². The zero-order valence-electron chi connectivity index (χ0n) is 21.6. The van der Waals surface area contributed by atoms with Crippen LogP contribution in [0.15, 0.2) is 18.2 Å². The second kappa shape index (κ2) is 11.7. The van der Waals surface area contributed by atoms with Crippen molar-refractivity contribution in [1.82, 2.24) is 9.80 Å². The smallest absolute Gasteiger partial charge is 0.649 e. The maximum absolute atomic E-state index is 12.9. The Morgan fingerprint density at radius 2 is 1.85 bits per heavy atom. The minimum absolute atomic E-state index is 0. The van der Waals surface area contributed by atoms with Gasteiger partial charge in [0.2, 0.25) is 0 Å². The number of fused-ring (bicyclic) bond motifs is 1. The molecule has 1 atom stereocenters. The molecule has 7 nitrogen and oxygen atoms in total. The molecule has 1 N–H and O–H groups in total. The molecule has 0 aromatic heterocycles. The molecule has 0 bridgehead atoms. The first kappa shape index (κ1) is 30.2. The molecular weight excluding hydrogens is 427 g/mol. The van der Waals surface area contributed by atoms with E-state index >= 15 is 0 Å². The average Bonchev–Trinajstić information content (AvgIpc) is 3.32. The monoisotopic (exact) mass is 464 g/mol. The zero-order valence-corrected chi connectivity index (χ0v) is 21.6. The number of rotatable bonds is 6. The van der Waals surface area contributed by atoms with E-state index in [0.717, 1.165) is 31.2 Å². The Hall–Kier alpha value is -1.81. The van der Waals surface area contributed by atoms with Crippen LogP contribution < -0.4 is 18.9 Å². The van der Waals surface area contributed by atoms with Crippen LogP contribution in [0.1, 0.15) is 79.2 Å². The standard InChI is InChI=1S/C21H28N2O3.C5H9O2.Li/c1-5-21(26,20(2)11-6-7-12-20)14-23-13-17-15(18(24)22(3)4)9-8-10-16(17)19(23)25;1-5(2,3)7-4-6;/h8-10,26H,1-2,5-7,11-14H2,3-4H3;1-3H3;/q-2;-1;+1. The first-order chi connectivity index (χ1) is 15.3. The molecule has 1 saturated carbocycles. The van der Waals surface area contributed by atoms with E-state index in [1.165, 1.54) is 11.4 Å². The molecule has 1 heterocycles. The number of nitrogens with zero attached hydrogens (tertiary/aromatic N) is 2. The van der Waals surface area contributed by atoms with Gasteiger partial charge < -0.3 is 38.3 Å². The molecule has 0 saturated heterocycles. The summed E-state index contributed by atoms with van der Waals surface area (Å²) in [7, 11) is 3.40. The van der Waals surface area contributed by atoms with Gasteiger partial charge >= 0.3 is 18.9 Å². The van der Waals surface area contributed by atoms with Crippen molar-refractivity contribution < 1.29 is 43.1 Å². The molecule has 0 radical (unpaired) electrons. The number of hydrogen-bond acceptors (Lipinski definition) is 5. The number of ether oxygens (including phenoxy) is 1. The summed E-state index contributed by atoms with van der Waals surface area (Å²) in [6.45, 7) is 15.5. The van der Waals surface area contributed by atoms with Crippen molar-refractivity contribution in [2.45, 2.75) is 70.6 Å². The molecule has 2 aliphatic rings. The van der Waals surface area contributed by atoms with Crippen LogP contribution >= 0.6 is 0 Å². The molecule has 1 fully saturated rings. The molecule has 1 unspecified atom stereocenters. The third-order valence-corrected chi connectivity index (χ3v) is 6.44. The number of carbonyl (C=O) groups is 2. The van der Waals surface area contributed by atoms with Gasteiger partial charge in [0.05, 0.1) is 5.60 Å². The number of aliphatic hydroxyl groups is 1. The topological polar surface area (TPSA) is 87.2 Å². The maximum Gasteiger partial charge on any atom is 1.00 e. The summed E-state index contributed by atoms with van der Waals surface area (Å²) >= 11 is 0. The van der Waals surface area contributed by atoms with Crippen LogP contribution in [-0.2, 0) is 16.1 Å². The van der Waals surface area contributed by atoms with Crippen LogP contribution in [0.2, 0.25) is 0 Å². The van der Waals surface area contributed by atoms with Gasteiger partial charge in [-0.3, -0.25) is 9.59 Å². The fraction of sp³-hybridized carbons (Fsp3) is 0.577. The third kappa shape index (κ3) is 6.65. The van der Waals surface area contributed by atoms with E-state index < -0.39 is 11.0 Å². The summed E-state index contributed by atoms with van der Waals surface area (Å²) in [5.74, 6) is -0.254. The predicted molar refractivity (Wildman–Crippen MR) is 127 cm³/mol. The fourth-order valence-electron chi connectivity index (χ4n) is 4.43. The molecule has 1 aromatic rings. The van der Waals surface area contributed by atoms with E-state index in [9.17, 15) is 19.5 Å². The summed E-state index contributed by atoms with van der Waals surface area (Å²) in [4.78, 5) is 38.0. The van der Waals surface area contributed by atoms with Crippen molar-refractivity contribution >= 4 is 18.3 Å². The van der Waals surface area contributed by atoms with Gasteiger partial charge in [-0.2, -0.15) is 6.42 Å². The number of amides is 2. The van der Waals surface area contributed by atoms with Gasteiger partial charge in [-0.25, -0.2) is 0 Å². The van der Waals surface area contributed by atoms with Crippen LogP contribution in [0.5, 0.6) is 0 Å². The summed E-state index contributed by atoms with van der Waals surface area (Å²) in [5, 5.41) is 11.3. The molecule has 184 valence electrons. The molecular formula is C26H37LiN2O5-2. The molecule has 1 aliphatic heterocycles. The van der Waals surface area contributed by atoms with Gasteiger partial charge in [-0.05, 0) is 38.5 Å². The third-order valence-electron chi connectivity index (χ3n) is 6.44. The van der Waals surface area contributed by atoms with Crippen molar-refractivity contribution in [2.75, 3.05) is 20.6 Å². The fourth-order valence-corrected chi connectivity index (χ4v) is 4.43. The summed E-state index contributed by atoms with van der Waals surface area (Å²) < 4.78 is 4.42. The predicted octanol–water partition coefficient (Wildman–Crippen LogP) is 0.567. The zero-order chi connectivity index (χ0) is 25.0. The van der Waals surface area contributed by atoms with Crippen molar-refractivity contribution in [3.8, 4) is 0 Å². The summed E-state index contributed by atoms with van der Waals surface area (Å²) in [6, 6.07) is 5.25. The van der Waals surface area contributed by atoms with Crippen molar-refractivity contribution in [1.29, 1.82) is 0 Å². The molecule has 1 aliphatic carbocycles. The van der Waals surface area contributed by atoms with Crippen LogP contribution in [0, 0.1) is 19.3 Å². The van der Waals surface area contributed by atoms with E-state index in [2.05, 4.69) is 18.6 Å². The van der Waals surface area contributed by atoms with Gasteiger partial charge in [-0.1, -0.05) is 38.2 Å². The van der Waals surface area contributed by atoms with Crippen LogP contribution in [-0.4, -0.2) is 65.0 Å². The Kier molecular flexibility index (Phi) is 10.4.